The van der Waals surface area contributed by atoms with Crippen molar-refractivity contribution in [1.82, 2.24) is 20.9 Å². The summed E-state index contributed by atoms with van der Waals surface area (Å²) >= 11 is 6.06. The summed E-state index contributed by atoms with van der Waals surface area (Å²) < 4.78 is 0. The molecule has 8 nitrogen and oxygen atoms in total. The SMILES string of the molecule is Cc1ccc(Cl)cc1NC(=O)C1CC(=O)NC2NC(N3CC(C)CC(C)C3)NC(=O)C21. The lowest BCUT2D eigenvalue weighted by Crippen LogP contribution is -2.75. The number of halogens is 1. The summed E-state index contributed by atoms with van der Waals surface area (Å²) in [6.07, 6.45) is 0.162. The van der Waals surface area contributed by atoms with Crippen LogP contribution in [0.5, 0.6) is 0 Å². The standard InChI is InChI=1S/C22H30ClN5O3/c1-11-6-12(2)10-28(9-11)22-26-19-18(21(31)27-22)15(8-17(29)25-19)20(30)24-16-7-14(23)5-4-13(16)3/h4-5,7,11-12,15,18-19,22,26H,6,8-10H2,1-3H3,(H,24,30)(H,25,29)(H,27,31). The number of fused-ring (bicyclic) bond motifs is 1. The van der Waals surface area contributed by atoms with E-state index in [1.54, 1.807) is 12.1 Å². The van der Waals surface area contributed by atoms with Crippen LogP contribution in [0.4, 0.5) is 5.69 Å². The minimum Gasteiger partial charge on any atom is -0.340 e. The van der Waals surface area contributed by atoms with Crippen molar-refractivity contribution in [3.05, 3.63) is 28.8 Å². The zero-order valence-electron chi connectivity index (χ0n) is 18.1. The number of hydrogen-bond donors (Lipinski definition) is 4. The molecule has 6 atom stereocenters. The van der Waals surface area contributed by atoms with Gasteiger partial charge in [-0.3, -0.25) is 24.6 Å². The topological polar surface area (TPSA) is 103 Å². The lowest BCUT2D eigenvalue weighted by Gasteiger charge is -2.48. The Morgan fingerprint density at radius 3 is 2.58 bits per heavy atom. The fourth-order valence-electron chi connectivity index (χ4n) is 5.13. The van der Waals surface area contributed by atoms with Gasteiger partial charge in [-0.1, -0.05) is 31.5 Å². The molecule has 4 rings (SSSR count). The van der Waals surface area contributed by atoms with Crippen molar-refractivity contribution in [2.45, 2.75) is 46.1 Å². The van der Waals surface area contributed by atoms with Crippen LogP contribution < -0.4 is 21.3 Å². The number of carbonyl (C=O) groups is 3. The molecule has 9 heteroatoms. The lowest BCUT2D eigenvalue weighted by molar-refractivity contribution is -0.148. The first-order valence-corrected chi connectivity index (χ1v) is 11.3. The van der Waals surface area contributed by atoms with Gasteiger partial charge in [0.1, 0.15) is 6.29 Å². The number of aryl methyl sites for hydroxylation is 1. The van der Waals surface area contributed by atoms with Gasteiger partial charge < -0.3 is 16.0 Å². The fraction of sp³-hybridized carbons (Fsp3) is 0.591. The number of amides is 3. The number of nitrogens with one attached hydrogen (secondary N) is 4. The lowest BCUT2D eigenvalue weighted by atomic mass is 9.80. The minimum atomic E-state index is -0.773. The van der Waals surface area contributed by atoms with E-state index in [9.17, 15) is 14.4 Å². The normalized spacial score (nSPS) is 33.8. The van der Waals surface area contributed by atoms with Crippen molar-refractivity contribution >= 4 is 35.0 Å². The maximum atomic E-state index is 13.1. The molecule has 4 N–H and O–H groups in total. The van der Waals surface area contributed by atoms with Gasteiger partial charge in [-0.25, -0.2) is 0 Å². The number of carbonyl (C=O) groups excluding carboxylic acids is 3. The van der Waals surface area contributed by atoms with Crippen LogP contribution in [0, 0.1) is 30.6 Å². The van der Waals surface area contributed by atoms with E-state index >= 15 is 0 Å². The van der Waals surface area contributed by atoms with Gasteiger partial charge in [0, 0.05) is 30.2 Å². The van der Waals surface area contributed by atoms with Crippen LogP contribution in [-0.2, 0) is 14.4 Å². The summed E-state index contributed by atoms with van der Waals surface area (Å²) in [4.78, 5) is 40.8. The average Bonchev–Trinajstić information content (AvgIpc) is 2.69. The molecule has 3 heterocycles. The molecule has 1 aromatic carbocycles. The van der Waals surface area contributed by atoms with Crippen molar-refractivity contribution < 1.29 is 14.4 Å². The van der Waals surface area contributed by atoms with Crippen LogP contribution in [0.25, 0.3) is 0 Å². The first-order valence-electron chi connectivity index (χ1n) is 10.9. The Balaban J connectivity index is 1.50. The molecule has 3 amide bonds. The van der Waals surface area contributed by atoms with E-state index in [4.69, 9.17) is 11.6 Å². The van der Waals surface area contributed by atoms with Gasteiger partial charge in [-0.05, 0) is 42.9 Å². The van der Waals surface area contributed by atoms with Crippen molar-refractivity contribution in [3.8, 4) is 0 Å². The fourth-order valence-corrected chi connectivity index (χ4v) is 5.30. The molecule has 0 saturated carbocycles. The van der Waals surface area contributed by atoms with E-state index in [-0.39, 0.29) is 30.4 Å². The predicted molar refractivity (Wildman–Crippen MR) is 118 cm³/mol. The molecule has 3 fully saturated rings. The van der Waals surface area contributed by atoms with Gasteiger partial charge in [0.2, 0.25) is 17.7 Å². The van der Waals surface area contributed by atoms with Gasteiger partial charge in [-0.15, -0.1) is 0 Å². The van der Waals surface area contributed by atoms with E-state index in [0.717, 1.165) is 25.1 Å². The molecule has 0 spiro atoms. The Hall–Kier alpha value is -2.16. The highest BCUT2D eigenvalue weighted by molar-refractivity contribution is 6.31. The van der Waals surface area contributed by atoms with E-state index in [1.165, 1.54) is 0 Å². The maximum Gasteiger partial charge on any atom is 0.229 e. The summed E-state index contributed by atoms with van der Waals surface area (Å²) in [5.41, 5.74) is 1.44. The van der Waals surface area contributed by atoms with Gasteiger partial charge in [-0.2, -0.15) is 0 Å². The van der Waals surface area contributed by atoms with Crippen LogP contribution in [0.15, 0.2) is 18.2 Å². The molecular weight excluding hydrogens is 418 g/mol. The van der Waals surface area contributed by atoms with E-state index in [2.05, 4.69) is 40.0 Å². The van der Waals surface area contributed by atoms with E-state index in [1.807, 2.05) is 13.0 Å². The van der Waals surface area contributed by atoms with Crippen LogP contribution in [0.3, 0.4) is 0 Å². The number of likely N-dealkylation sites (tertiary alicyclic amines) is 1. The molecule has 3 saturated heterocycles. The van der Waals surface area contributed by atoms with Crippen LogP contribution in [-0.4, -0.2) is 48.2 Å². The zero-order chi connectivity index (χ0) is 22.3. The van der Waals surface area contributed by atoms with Crippen LogP contribution in [0.2, 0.25) is 5.02 Å². The largest absolute Gasteiger partial charge is 0.340 e. The van der Waals surface area contributed by atoms with Crippen LogP contribution >= 0.6 is 11.6 Å². The van der Waals surface area contributed by atoms with Crippen molar-refractivity contribution in [2.75, 3.05) is 18.4 Å². The van der Waals surface area contributed by atoms with Gasteiger partial charge in [0.15, 0.2) is 0 Å². The molecular formula is C22H30ClN5O3. The Bertz CT molecular complexity index is 884. The average molecular weight is 448 g/mol. The Labute approximate surface area is 187 Å². The molecule has 0 radical (unpaired) electrons. The highest BCUT2D eigenvalue weighted by Gasteiger charge is 2.49. The Morgan fingerprint density at radius 2 is 1.87 bits per heavy atom. The van der Waals surface area contributed by atoms with Crippen molar-refractivity contribution in [2.24, 2.45) is 23.7 Å². The number of nitrogens with zero attached hydrogens (tertiary/aromatic N) is 1. The molecule has 3 aliphatic heterocycles. The van der Waals surface area contributed by atoms with E-state index < -0.39 is 18.0 Å². The summed E-state index contributed by atoms with van der Waals surface area (Å²) in [5, 5.41) is 12.6. The molecule has 0 aromatic heterocycles. The van der Waals surface area contributed by atoms with E-state index in [0.29, 0.717) is 22.5 Å². The highest BCUT2D eigenvalue weighted by Crippen LogP contribution is 2.30. The second-order valence-corrected chi connectivity index (χ2v) is 9.74. The van der Waals surface area contributed by atoms with Gasteiger partial charge in [0.05, 0.1) is 18.0 Å². The second kappa shape index (κ2) is 8.76. The highest BCUT2D eigenvalue weighted by atomic mass is 35.5. The molecule has 6 unspecified atom stereocenters. The predicted octanol–water partition coefficient (Wildman–Crippen LogP) is 1.65. The minimum absolute atomic E-state index is 0.0375. The third kappa shape index (κ3) is 4.71. The maximum absolute atomic E-state index is 13.1. The number of anilines is 1. The number of hydrogen-bond acceptors (Lipinski definition) is 5. The smallest absolute Gasteiger partial charge is 0.229 e. The first-order chi connectivity index (χ1) is 14.7. The summed E-state index contributed by atoms with van der Waals surface area (Å²) in [6, 6.07) is 5.23. The third-order valence-electron chi connectivity index (χ3n) is 6.49. The van der Waals surface area contributed by atoms with Crippen molar-refractivity contribution in [3.63, 3.8) is 0 Å². The number of benzene rings is 1. The molecule has 0 aliphatic carbocycles. The third-order valence-corrected chi connectivity index (χ3v) is 6.73. The summed E-state index contributed by atoms with van der Waals surface area (Å²) in [7, 11) is 0. The summed E-state index contributed by atoms with van der Waals surface area (Å²) in [6.45, 7) is 8.01. The quantitative estimate of drug-likeness (QED) is 0.564. The molecule has 3 aliphatic rings. The Kier molecular flexibility index (Phi) is 6.23. The van der Waals surface area contributed by atoms with Crippen LogP contribution in [0.1, 0.15) is 32.3 Å². The monoisotopic (exact) mass is 447 g/mol. The molecule has 0 bridgehead atoms. The molecule has 31 heavy (non-hydrogen) atoms. The Morgan fingerprint density at radius 1 is 1.16 bits per heavy atom. The summed E-state index contributed by atoms with van der Waals surface area (Å²) in [5.74, 6) is -1.22. The number of piperidine rings is 2. The molecule has 1 aromatic rings. The zero-order valence-corrected chi connectivity index (χ0v) is 18.8. The molecule has 168 valence electrons. The van der Waals surface area contributed by atoms with Gasteiger partial charge in [0.25, 0.3) is 0 Å². The van der Waals surface area contributed by atoms with Crippen molar-refractivity contribution in [1.29, 1.82) is 0 Å². The first kappa shape index (κ1) is 22.0. The number of rotatable bonds is 3. The second-order valence-electron chi connectivity index (χ2n) is 9.31. The van der Waals surface area contributed by atoms with Gasteiger partial charge >= 0.3 is 0 Å².